The van der Waals surface area contributed by atoms with Crippen molar-refractivity contribution < 1.29 is 14.0 Å². The van der Waals surface area contributed by atoms with Crippen LogP contribution in [0.15, 0.2) is 77.6 Å². The fraction of sp³-hybridized carbons (Fsp3) is 0.280. The van der Waals surface area contributed by atoms with Gasteiger partial charge in [0.25, 0.3) is 5.91 Å². The van der Waals surface area contributed by atoms with E-state index in [0.717, 1.165) is 39.3 Å². The summed E-state index contributed by atoms with van der Waals surface area (Å²) in [6.07, 6.45) is 2.76. The minimum atomic E-state index is -0.340. The van der Waals surface area contributed by atoms with Crippen LogP contribution >= 0.6 is 0 Å². The highest BCUT2D eigenvalue weighted by molar-refractivity contribution is 5.99. The molecule has 1 aliphatic heterocycles. The summed E-state index contributed by atoms with van der Waals surface area (Å²) in [4.78, 5) is 28.9. The minimum Gasteiger partial charge on any atom is -0.472 e. The lowest BCUT2D eigenvalue weighted by molar-refractivity contribution is -0.115. The van der Waals surface area contributed by atoms with Gasteiger partial charge >= 0.3 is 0 Å². The first-order chi connectivity index (χ1) is 15.7. The molecule has 32 heavy (non-hydrogen) atoms. The highest BCUT2D eigenvalue weighted by Gasteiger charge is 2.17. The molecular formula is C25H28N4O3. The average molecular weight is 433 g/mol. The van der Waals surface area contributed by atoms with E-state index in [0.29, 0.717) is 11.3 Å². The number of benzene rings is 2. The molecule has 2 heterocycles. The predicted molar refractivity (Wildman–Crippen MR) is 123 cm³/mol. The summed E-state index contributed by atoms with van der Waals surface area (Å²) in [6, 6.07) is 20.0. The van der Waals surface area contributed by atoms with Gasteiger partial charge in [-0.05, 0) is 29.3 Å². The molecule has 1 fully saturated rings. The number of hydrogen-bond donors (Lipinski definition) is 2. The van der Waals surface area contributed by atoms with Gasteiger partial charge in [0.05, 0.1) is 18.4 Å². The van der Waals surface area contributed by atoms with Crippen molar-refractivity contribution in [2.24, 2.45) is 0 Å². The van der Waals surface area contributed by atoms with Crippen molar-refractivity contribution in [1.82, 2.24) is 15.1 Å². The molecule has 2 amide bonds. The second kappa shape index (κ2) is 10.7. The summed E-state index contributed by atoms with van der Waals surface area (Å²) in [5.41, 5.74) is 3.68. The second-order valence-electron chi connectivity index (χ2n) is 7.98. The smallest absolute Gasteiger partial charge is 0.254 e. The number of piperazine rings is 1. The van der Waals surface area contributed by atoms with Crippen LogP contribution < -0.4 is 10.6 Å². The number of furan rings is 1. The van der Waals surface area contributed by atoms with Gasteiger partial charge in [-0.1, -0.05) is 42.5 Å². The average Bonchev–Trinajstić information content (AvgIpc) is 3.36. The van der Waals surface area contributed by atoms with Crippen LogP contribution in [-0.2, 0) is 17.9 Å². The van der Waals surface area contributed by atoms with E-state index in [1.54, 1.807) is 6.07 Å². The van der Waals surface area contributed by atoms with Crippen LogP contribution in [0.1, 0.15) is 21.5 Å². The number of carbonyl (C=O) groups excluding carboxylic acids is 2. The molecule has 1 saturated heterocycles. The van der Waals surface area contributed by atoms with Gasteiger partial charge in [-0.3, -0.25) is 19.4 Å². The normalized spacial score (nSPS) is 14.8. The van der Waals surface area contributed by atoms with Crippen LogP contribution in [0.2, 0.25) is 0 Å². The molecular weight excluding hydrogens is 404 g/mol. The maximum Gasteiger partial charge on any atom is 0.254 e. The molecule has 2 N–H and O–H groups in total. The molecule has 7 nitrogen and oxygen atoms in total. The molecule has 3 aromatic rings. The third-order valence-corrected chi connectivity index (χ3v) is 5.55. The maximum atomic E-state index is 12.1. The quantitative estimate of drug-likeness (QED) is 0.572. The zero-order valence-electron chi connectivity index (χ0n) is 18.0. The van der Waals surface area contributed by atoms with Crippen molar-refractivity contribution in [3.05, 3.63) is 89.9 Å². The number of nitrogens with zero attached hydrogens (tertiary/aromatic N) is 2. The van der Waals surface area contributed by atoms with Gasteiger partial charge < -0.3 is 15.1 Å². The summed E-state index contributed by atoms with van der Waals surface area (Å²) in [5, 5.41) is 5.37. The van der Waals surface area contributed by atoms with Crippen LogP contribution in [0.25, 0.3) is 0 Å². The Balaban J connectivity index is 1.18. The molecule has 0 spiro atoms. The van der Waals surface area contributed by atoms with Crippen molar-refractivity contribution >= 4 is 17.5 Å². The number of nitrogens with one attached hydrogen (secondary N) is 2. The Hall–Kier alpha value is -3.42. The van der Waals surface area contributed by atoms with Gasteiger partial charge in [-0.25, -0.2) is 0 Å². The van der Waals surface area contributed by atoms with E-state index < -0.39 is 0 Å². The van der Waals surface area contributed by atoms with E-state index >= 15 is 0 Å². The summed E-state index contributed by atoms with van der Waals surface area (Å²) in [6.45, 7) is 6.02. The third kappa shape index (κ3) is 6.29. The van der Waals surface area contributed by atoms with Gasteiger partial charge in [0.2, 0.25) is 5.91 Å². The van der Waals surface area contributed by atoms with E-state index in [1.807, 2.05) is 24.3 Å². The van der Waals surface area contributed by atoms with Crippen LogP contribution in [0.4, 0.5) is 5.69 Å². The fourth-order valence-electron chi connectivity index (χ4n) is 3.76. The molecule has 166 valence electrons. The Morgan fingerprint density at radius 3 is 2.03 bits per heavy atom. The molecule has 0 saturated carbocycles. The standard InChI is InChI=1S/C25H28N4O3/c30-24(16-26-25(31)22-10-15-32-19-22)27-23-8-6-21(7-9-23)18-29-13-11-28(12-14-29)17-20-4-2-1-3-5-20/h1-10,15,19H,11-14,16-18H2,(H,26,31)(H,27,30). The van der Waals surface area contributed by atoms with Gasteiger partial charge in [0, 0.05) is 45.0 Å². The van der Waals surface area contributed by atoms with Gasteiger partial charge in [-0.15, -0.1) is 0 Å². The zero-order valence-corrected chi connectivity index (χ0v) is 18.0. The summed E-state index contributed by atoms with van der Waals surface area (Å²) in [7, 11) is 0. The molecule has 2 aromatic carbocycles. The van der Waals surface area contributed by atoms with E-state index in [9.17, 15) is 9.59 Å². The van der Waals surface area contributed by atoms with Crippen LogP contribution in [0, 0.1) is 0 Å². The molecule has 1 aliphatic rings. The lowest BCUT2D eigenvalue weighted by Crippen LogP contribution is -2.45. The van der Waals surface area contributed by atoms with Crippen molar-refractivity contribution in [2.75, 3.05) is 38.0 Å². The van der Waals surface area contributed by atoms with Gasteiger partial charge in [0.1, 0.15) is 6.26 Å². The Morgan fingerprint density at radius 2 is 1.44 bits per heavy atom. The first kappa shape index (κ1) is 21.8. The molecule has 1 aromatic heterocycles. The summed E-state index contributed by atoms with van der Waals surface area (Å²) in [5.74, 6) is -0.614. The summed E-state index contributed by atoms with van der Waals surface area (Å²) < 4.78 is 4.87. The SMILES string of the molecule is O=C(CNC(=O)c1ccoc1)Nc1ccc(CN2CCN(Cc3ccccc3)CC2)cc1. The van der Waals surface area contributed by atoms with Crippen molar-refractivity contribution in [1.29, 1.82) is 0 Å². The first-order valence-electron chi connectivity index (χ1n) is 10.8. The van der Waals surface area contributed by atoms with Crippen molar-refractivity contribution in [3.8, 4) is 0 Å². The predicted octanol–water partition coefficient (Wildman–Crippen LogP) is 2.97. The minimum absolute atomic E-state index is 0.0982. The topological polar surface area (TPSA) is 77.8 Å². The van der Waals surface area contributed by atoms with E-state index in [-0.39, 0.29) is 18.4 Å². The summed E-state index contributed by atoms with van der Waals surface area (Å²) >= 11 is 0. The largest absolute Gasteiger partial charge is 0.472 e. The molecule has 4 rings (SSSR count). The molecule has 0 unspecified atom stereocenters. The number of hydrogen-bond acceptors (Lipinski definition) is 5. The van der Waals surface area contributed by atoms with Gasteiger partial charge in [0.15, 0.2) is 0 Å². The first-order valence-corrected chi connectivity index (χ1v) is 10.8. The molecule has 0 bridgehead atoms. The zero-order chi connectivity index (χ0) is 22.2. The van der Waals surface area contributed by atoms with E-state index in [4.69, 9.17) is 4.42 Å². The third-order valence-electron chi connectivity index (χ3n) is 5.55. The van der Waals surface area contributed by atoms with Gasteiger partial charge in [-0.2, -0.15) is 0 Å². The Kier molecular flexibility index (Phi) is 7.32. The highest BCUT2D eigenvalue weighted by Crippen LogP contribution is 2.14. The fourth-order valence-corrected chi connectivity index (χ4v) is 3.76. The van der Waals surface area contributed by atoms with Crippen molar-refractivity contribution in [3.63, 3.8) is 0 Å². The van der Waals surface area contributed by atoms with Crippen LogP contribution in [0.5, 0.6) is 0 Å². The van der Waals surface area contributed by atoms with E-state index in [2.05, 4.69) is 50.8 Å². The number of anilines is 1. The number of carbonyl (C=O) groups is 2. The Bertz CT molecular complexity index is 995. The lowest BCUT2D eigenvalue weighted by Gasteiger charge is -2.34. The van der Waals surface area contributed by atoms with Crippen LogP contribution in [0.3, 0.4) is 0 Å². The number of rotatable bonds is 8. The monoisotopic (exact) mass is 432 g/mol. The lowest BCUT2D eigenvalue weighted by atomic mass is 10.1. The molecule has 0 atom stereocenters. The second-order valence-corrected chi connectivity index (χ2v) is 7.98. The Morgan fingerprint density at radius 1 is 0.812 bits per heavy atom. The molecule has 0 radical (unpaired) electrons. The Labute approximate surface area is 188 Å². The van der Waals surface area contributed by atoms with Crippen molar-refractivity contribution in [2.45, 2.75) is 13.1 Å². The van der Waals surface area contributed by atoms with Crippen LogP contribution in [-0.4, -0.2) is 54.3 Å². The molecule has 0 aliphatic carbocycles. The molecule has 7 heteroatoms. The highest BCUT2D eigenvalue weighted by atomic mass is 16.3. The number of amides is 2. The van der Waals surface area contributed by atoms with E-state index in [1.165, 1.54) is 23.7 Å². The maximum absolute atomic E-state index is 12.1.